The number of benzene rings is 1. The molecule has 2 aliphatic heterocycles. The molecule has 0 bridgehead atoms. The maximum Gasteiger partial charge on any atom is 0.267 e. The van der Waals surface area contributed by atoms with E-state index in [0.29, 0.717) is 52.2 Å². The second-order valence-corrected chi connectivity index (χ2v) is 10.6. The van der Waals surface area contributed by atoms with Crippen LogP contribution in [0.5, 0.6) is 0 Å². The summed E-state index contributed by atoms with van der Waals surface area (Å²) in [7, 11) is 0. The first kappa shape index (κ1) is 24.2. The predicted molar refractivity (Wildman–Crippen MR) is 145 cm³/mol. The number of thioether (sulfide) groups is 1. The van der Waals surface area contributed by atoms with Crippen LogP contribution in [0.2, 0.25) is 0 Å². The highest BCUT2D eigenvalue weighted by Crippen LogP contribution is 2.38. The highest BCUT2D eigenvalue weighted by Gasteiger charge is 2.36. The molecular weight excluding hydrogens is 494 g/mol. The summed E-state index contributed by atoms with van der Waals surface area (Å²) in [4.78, 5) is 47.4. The van der Waals surface area contributed by atoms with Gasteiger partial charge < -0.3 is 10.6 Å². The first-order chi connectivity index (χ1) is 17.3. The number of primary amides is 1. The van der Waals surface area contributed by atoms with Crippen LogP contribution in [0.25, 0.3) is 11.7 Å². The summed E-state index contributed by atoms with van der Waals surface area (Å²) in [6.45, 7) is 3.01. The Morgan fingerprint density at radius 1 is 1.14 bits per heavy atom. The number of pyridine rings is 1. The summed E-state index contributed by atoms with van der Waals surface area (Å²) in [6.07, 6.45) is 4.44. The summed E-state index contributed by atoms with van der Waals surface area (Å²) in [5.41, 5.74) is 7.04. The smallest absolute Gasteiger partial charge is 0.267 e. The van der Waals surface area contributed by atoms with E-state index in [1.807, 2.05) is 48.2 Å². The molecule has 2 amide bonds. The third-order valence-corrected chi connectivity index (χ3v) is 8.04. The summed E-state index contributed by atoms with van der Waals surface area (Å²) in [6, 6.07) is 14.8. The molecule has 1 aromatic carbocycles. The van der Waals surface area contributed by atoms with E-state index < -0.39 is 0 Å². The lowest BCUT2D eigenvalue weighted by Gasteiger charge is -2.32. The Morgan fingerprint density at radius 3 is 2.53 bits per heavy atom. The molecular formula is C26H25N5O3S2. The Hall–Kier alpha value is -3.50. The van der Waals surface area contributed by atoms with Crippen LogP contribution in [0.15, 0.2) is 64.4 Å². The molecule has 0 aliphatic carbocycles. The van der Waals surface area contributed by atoms with E-state index in [2.05, 4.69) is 0 Å². The SMILES string of the molecule is CC(c1ccccc1)N1C(=O)C(=Cc2c(N3CCC(C(N)=O)CC3)nc3ccccn3c2=O)SC1=S. The monoisotopic (exact) mass is 519 g/mol. The molecule has 1 unspecified atom stereocenters. The van der Waals surface area contributed by atoms with E-state index in [1.54, 1.807) is 29.3 Å². The molecule has 0 saturated carbocycles. The minimum absolute atomic E-state index is 0.193. The zero-order chi connectivity index (χ0) is 25.4. The van der Waals surface area contributed by atoms with Crippen LogP contribution < -0.4 is 16.2 Å². The van der Waals surface area contributed by atoms with Gasteiger partial charge in [0.15, 0.2) is 0 Å². The minimum atomic E-state index is -0.308. The van der Waals surface area contributed by atoms with Crippen LogP contribution in [-0.2, 0) is 9.59 Å². The first-order valence-electron chi connectivity index (χ1n) is 11.7. The van der Waals surface area contributed by atoms with Crippen LogP contribution in [0.4, 0.5) is 5.82 Å². The molecule has 36 heavy (non-hydrogen) atoms. The number of amides is 2. The predicted octanol–water partition coefficient (Wildman–Crippen LogP) is 3.36. The Morgan fingerprint density at radius 2 is 1.83 bits per heavy atom. The summed E-state index contributed by atoms with van der Waals surface area (Å²) < 4.78 is 1.92. The minimum Gasteiger partial charge on any atom is -0.369 e. The number of aromatic nitrogens is 2. The van der Waals surface area contributed by atoms with E-state index in [9.17, 15) is 14.4 Å². The Balaban J connectivity index is 1.55. The van der Waals surface area contributed by atoms with Crippen LogP contribution in [-0.4, -0.2) is 43.5 Å². The zero-order valence-corrected chi connectivity index (χ0v) is 21.3. The van der Waals surface area contributed by atoms with Gasteiger partial charge >= 0.3 is 0 Å². The van der Waals surface area contributed by atoms with Crippen molar-refractivity contribution in [1.82, 2.24) is 14.3 Å². The summed E-state index contributed by atoms with van der Waals surface area (Å²) >= 11 is 6.75. The van der Waals surface area contributed by atoms with Gasteiger partial charge in [0.2, 0.25) is 5.91 Å². The number of carbonyl (C=O) groups is 2. The fraction of sp³-hybridized carbons (Fsp3) is 0.269. The van der Waals surface area contributed by atoms with Gasteiger partial charge in [-0.05, 0) is 43.5 Å². The number of piperidine rings is 1. The molecule has 2 aliphatic rings. The lowest BCUT2D eigenvalue weighted by atomic mass is 9.96. The van der Waals surface area contributed by atoms with Crippen molar-refractivity contribution in [2.45, 2.75) is 25.8 Å². The van der Waals surface area contributed by atoms with Gasteiger partial charge in [0.1, 0.15) is 15.8 Å². The molecule has 184 valence electrons. The number of hydrogen-bond donors (Lipinski definition) is 1. The number of anilines is 1. The molecule has 2 aromatic heterocycles. The van der Waals surface area contributed by atoms with Crippen molar-refractivity contribution >= 4 is 57.7 Å². The second-order valence-electron chi connectivity index (χ2n) is 8.89. The topological polar surface area (TPSA) is 101 Å². The fourth-order valence-electron chi connectivity index (χ4n) is 4.66. The molecule has 8 nitrogen and oxygen atoms in total. The number of hydrogen-bond acceptors (Lipinski definition) is 7. The summed E-state index contributed by atoms with van der Waals surface area (Å²) in [5, 5.41) is 0. The maximum atomic E-state index is 13.6. The highest BCUT2D eigenvalue weighted by atomic mass is 32.2. The Labute approximate surface area is 217 Å². The van der Waals surface area contributed by atoms with Gasteiger partial charge in [-0.25, -0.2) is 4.98 Å². The largest absolute Gasteiger partial charge is 0.369 e. The number of nitrogens with zero attached hydrogens (tertiary/aromatic N) is 4. The number of carbonyl (C=O) groups excluding carboxylic acids is 2. The second kappa shape index (κ2) is 9.87. The van der Waals surface area contributed by atoms with E-state index in [0.717, 1.165) is 5.56 Å². The zero-order valence-electron chi connectivity index (χ0n) is 19.7. The first-order valence-corrected chi connectivity index (χ1v) is 13.0. The van der Waals surface area contributed by atoms with Crippen LogP contribution in [0, 0.1) is 5.92 Å². The van der Waals surface area contributed by atoms with Gasteiger partial charge in [0.25, 0.3) is 11.5 Å². The van der Waals surface area contributed by atoms with Crippen molar-refractivity contribution in [3.05, 3.63) is 81.1 Å². The number of fused-ring (bicyclic) bond motifs is 1. The molecule has 0 radical (unpaired) electrons. The molecule has 2 N–H and O–H groups in total. The van der Waals surface area contributed by atoms with Crippen molar-refractivity contribution in [3.8, 4) is 0 Å². The number of thiocarbonyl (C=S) groups is 1. The Kier molecular flexibility index (Phi) is 6.63. The van der Waals surface area contributed by atoms with Gasteiger partial charge in [-0.2, -0.15) is 0 Å². The summed E-state index contributed by atoms with van der Waals surface area (Å²) in [5.74, 6) is -0.243. The molecule has 1 atom stereocenters. The van der Waals surface area contributed by atoms with Crippen molar-refractivity contribution < 1.29 is 9.59 Å². The molecule has 2 saturated heterocycles. The average Bonchev–Trinajstić information content (AvgIpc) is 3.18. The van der Waals surface area contributed by atoms with E-state index in [-0.39, 0.29) is 29.3 Å². The molecule has 10 heteroatoms. The Bertz CT molecular complexity index is 1440. The lowest BCUT2D eigenvalue weighted by molar-refractivity contribution is -0.123. The van der Waals surface area contributed by atoms with Crippen LogP contribution >= 0.6 is 24.0 Å². The quantitative estimate of drug-likeness (QED) is 0.407. The standard InChI is InChI=1S/C26H25N5O3S2/c1-16(17-7-3-2-4-8-17)31-25(34)20(36-26(31)35)15-19-23(29-13-10-18(11-14-29)22(27)32)28-21-9-5-6-12-30(21)24(19)33/h2-9,12,15-16,18H,10-11,13-14H2,1H3,(H2,27,32). The molecule has 4 heterocycles. The van der Waals surface area contributed by atoms with Gasteiger partial charge in [0, 0.05) is 25.2 Å². The fourth-order valence-corrected chi connectivity index (χ4v) is 6.06. The van der Waals surface area contributed by atoms with Crippen molar-refractivity contribution in [2.75, 3.05) is 18.0 Å². The maximum absolute atomic E-state index is 13.6. The normalized spacial score (nSPS) is 18.9. The van der Waals surface area contributed by atoms with Crippen molar-refractivity contribution in [3.63, 3.8) is 0 Å². The molecule has 2 fully saturated rings. The van der Waals surface area contributed by atoms with Gasteiger partial charge in [0.05, 0.1) is 16.5 Å². The highest BCUT2D eigenvalue weighted by molar-refractivity contribution is 8.26. The third-order valence-electron chi connectivity index (χ3n) is 6.71. The molecule has 5 rings (SSSR count). The van der Waals surface area contributed by atoms with Crippen molar-refractivity contribution in [2.24, 2.45) is 11.7 Å². The van der Waals surface area contributed by atoms with Gasteiger partial charge in [-0.15, -0.1) is 0 Å². The van der Waals surface area contributed by atoms with E-state index >= 15 is 0 Å². The number of rotatable bonds is 5. The number of nitrogens with two attached hydrogens (primary N) is 1. The van der Waals surface area contributed by atoms with E-state index in [1.165, 1.54) is 16.2 Å². The van der Waals surface area contributed by atoms with Gasteiger partial charge in [-0.3, -0.25) is 23.7 Å². The average molecular weight is 520 g/mol. The van der Waals surface area contributed by atoms with Crippen LogP contribution in [0.3, 0.4) is 0 Å². The van der Waals surface area contributed by atoms with Crippen LogP contribution in [0.1, 0.15) is 36.9 Å². The lowest BCUT2D eigenvalue weighted by Crippen LogP contribution is -2.40. The van der Waals surface area contributed by atoms with Gasteiger partial charge in [-0.1, -0.05) is 60.4 Å². The van der Waals surface area contributed by atoms with Crippen molar-refractivity contribution in [1.29, 1.82) is 0 Å². The molecule has 0 spiro atoms. The van der Waals surface area contributed by atoms with E-state index in [4.69, 9.17) is 22.9 Å². The molecule has 3 aromatic rings. The third kappa shape index (κ3) is 4.42.